The van der Waals surface area contributed by atoms with Crippen molar-refractivity contribution in [3.8, 4) is 0 Å². The fourth-order valence-corrected chi connectivity index (χ4v) is 2.16. The molecule has 3 heteroatoms. The SMILES string of the molecule is CC(Cc1ccc(Cl)cc1)NCCc1ccccn1. The monoisotopic (exact) mass is 274 g/mol. The molecule has 0 saturated heterocycles. The second-order valence-corrected chi connectivity index (χ2v) is 5.19. The summed E-state index contributed by atoms with van der Waals surface area (Å²) in [6.07, 6.45) is 3.82. The Morgan fingerprint density at radius 1 is 1.16 bits per heavy atom. The number of nitrogens with one attached hydrogen (secondary N) is 1. The van der Waals surface area contributed by atoms with E-state index in [1.807, 2.05) is 30.5 Å². The van der Waals surface area contributed by atoms with Crippen LogP contribution < -0.4 is 5.32 Å². The first-order valence-electron chi connectivity index (χ1n) is 6.62. The fourth-order valence-electron chi connectivity index (χ4n) is 2.04. The van der Waals surface area contributed by atoms with Gasteiger partial charge in [-0.25, -0.2) is 0 Å². The molecule has 1 unspecified atom stereocenters. The Bertz CT molecular complexity index is 482. The van der Waals surface area contributed by atoms with Crippen molar-refractivity contribution in [3.05, 3.63) is 64.9 Å². The molecular weight excluding hydrogens is 256 g/mol. The zero-order valence-corrected chi connectivity index (χ0v) is 11.9. The summed E-state index contributed by atoms with van der Waals surface area (Å²) in [7, 11) is 0. The van der Waals surface area contributed by atoms with Crippen molar-refractivity contribution in [2.24, 2.45) is 0 Å². The highest BCUT2D eigenvalue weighted by Crippen LogP contribution is 2.11. The van der Waals surface area contributed by atoms with Crippen molar-refractivity contribution in [1.82, 2.24) is 10.3 Å². The molecule has 0 aliphatic carbocycles. The molecule has 0 saturated carbocycles. The Hall–Kier alpha value is -1.38. The minimum absolute atomic E-state index is 0.449. The Kier molecular flexibility index (Phi) is 5.37. The smallest absolute Gasteiger partial charge is 0.0416 e. The maximum atomic E-state index is 5.88. The lowest BCUT2D eigenvalue weighted by Crippen LogP contribution is -2.30. The average molecular weight is 275 g/mol. The van der Waals surface area contributed by atoms with E-state index in [4.69, 9.17) is 11.6 Å². The normalized spacial score (nSPS) is 12.3. The summed E-state index contributed by atoms with van der Waals surface area (Å²) in [5.41, 5.74) is 2.44. The Morgan fingerprint density at radius 2 is 1.95 bits per heavy atom. The zero-order valence-electron chi connectivity index (χ0n) is 11.1. The second kappa shape index (κ2) is 7.27. The number of hydrogen-bond donors (Lipinski definition) is 1. The summed E-state index contributed by atoms with van der Waals surface area (Å²) >= 11 is 5.88. The first-order chi connectivity index (χ1) is 9.24. The average Bonchev–Trinajstić information content (AvgIpc) is 2.43. The number of halogens is 1. The summed E-state index contributed by atoms with van der Waals surface area (Å²) < 4.78 is 0. The van der Waals surface area contributed by atoms with E-state index in [0.717, 1.165) is 30.1 Å². The Balaban J connectivity index is 1.73. The van der Waals surface area contributed by atoms with Crippen LogP contribution in [-0.4, -0.2) is 17.6 Å². The van der Waals surface area contributed by atoms with Crippen LogP contribution in [-0.2, 0) is 12.8 Å². The molecule has 0 aliphatic rings. The van der Waals surface area contributed by atoms with Crippen molar-refractivity contribution in [2.75, 3.05) is 6.54 Å². The van der Waals surface area contributed by atoms with E-state index in [9.17, 15) is 0 Å². The molecule has 1 heterocycles. The third-order valence-corrected chi connectivity index (χ3v) is 3.31. The van der Waals surface area contributed by atoms with Crippen LogP contribution in [0.5, 0.6) is 0 Å². The van der Waals surface area contributed by atoms with E-state index in [1.165, 1.54) is 5.56 Å². The third kappa shape index (κ3) is 5.01. The van der Waals surface area contributed by atoms with Gasteiger partial charge in [-0.3, -0.25) is 4.98 Å². The topological polar surface area (TPSA) is 24.9 Å². The maximum absolute atomic E-state index is 5.88. The maximum Gasteiger partial charge on any atom is 0.0416 e. The highest BCUT2D eigenvalue weighted by Gasteiger charge is 2.03. The van der Waals surface area contributed by atoms with Gasteiger partial charge < -0.3 is 5.32 Å². The van der Waals surface area contributed by atoms with E-state index in [2.05, 4.69) is 35.4 Å². The van der Waals surface area contributed by atoms with Gasteiger partial charge in [0.15, 0.2) is 0 Å². The van der Waals surface area contributed by atoms with Gasteiger partial charge in [-0.15, -0.1) is 0 Å². The standard InChI is InChI=1S/C16H19ClN2/c1-13(12-14-5-7-15(17)8-6-14)18-11-9-16-4-2-3-10-19-16/h2-8,10,13,18H,9,11-12H2,1H3. The van der Waals surface area contributed by atoms with Gasteiger partial charge in [0.2, 0.25) is 0 Å². The highest BCUT2D eigenvalue weighted by atomic mass is 35.5. The predicted molar refractivity (Wildman–Crippen MR) is 80.6 cm³/mol. The molecule has 1 aromatic heterocycles. The van der Waals surface area contributed by atoms with Gasteiger partial charge in [0, 0.05) is 35.9 Å². The van der Waals surface area contributed by atoms with Gasteiger partial charge in [-0.1, -0.05) is 29.8 Å². The summed E-state index contributed by atoms with van der Waals surface area (Å²) in [5.74, 6) is 0. The molecule has 19 heavy (non-hydrogen) atoms. The predicted octanol–water partition coefficient (Wildman–Crippen LogP) is 3.50. The van der Waals surface area contributed by atoms with Gasteiger partial charge in [0.25, 0.3) is 0 Å². The van der Waals surface area contributed by atoms with Crippen molar-refractivity contribution in [2.45, 2.75) is 25.8 Å². The molecular formula is C16H19ClN2. The molecule has 0 fully saturated rings. The van der Waals surface area contributed by atoms with Crippen LogP contribution in [0.1, 0.15) is 18.2 Å². The van der Waals surface area contributed by atoms with Crippen LogP contribution >= 0.6 is 11.6 Å². The molecule has 0 bridgehead atoms. The lowest BCUT2D eigenvalue weighted by atomic mass is 10.1. The van der Waals surface area contributed by atoms with Crippen LogP contribution in [0, 0.1) is 0 Å². The quantitative estimate of drug-likeness (QED) is 0.872. The first kappa shape index (κ1) is 14.0. The molecule has 2 rings (SSSR count). The van der Waals surface area contributed by atoms with E-state index in [1.54, 1.807) is 0 Å². The second-order valence-electron chi connectivity index (χ2n) is 4.76. The van der Waals surface area contributed by atoms with Crippen LogP contribution in [0.25, 0.3) is 0 Å². The van der Waals surface area contributed by atoms with Gasteiger partial charge in [-0.2, -0.15) is 0 Å². The molecule has 1 atom stereocenters. The van der Waals surface area contributed by atoms with E-state index < -0.39 is 0 Å². The van der Waals surface area contributed by atoms with Crippen molar-refractivity contribution < 1.29 is 0 Å². The highest BCUT2D eigenvalue weighted by molar-refractivity contribution is 6.30. The van der Waals surface area contributed by atoms with Crippen molar-refractivity contribution in [1.29, 1.82) is 0 Å². The summed E-state index contributed by atoms with van der Waals surface area (Å²) in [4.78, 5) is 4.31. The molecule has 1 aromatic carbocycles. The summed E-state index contributed by atoms with van der Waals surface area (Å²) in [6, 6.07) is 14.5. The first-order valence-corrected chi connectivity index (χ1v) is 6.99. The van der Waals surface area contributed by atoms with Crippen LogP contribution in [0.2, 0.25) is 5.02 Å². The number of pyridine rings is 1. The number of nitrogens with zero attached hydrogens (tertiary/aromatic N) is 1. The minimum atomic E-state index is 0.449. The van der Waals surface area contributed by atoms with Crippen molar-refractivity contribution in [3.63, 3.8) is 0 Å². The Labute approximate surface area is 119 Å². The number of aromatic nitrogens is 1. The molecule has 100 valence electrons. The molecule has 0 amide bonds. The zero-order chi connectivity index (χ0) is 13.5. The number of benzene rings is 1. The lowest BCUT2D eigenvalue weighted by Gasteiger charge is -2.13. The Morgan fingerprint density at radius 3 is 2.63 bits per heavy atom. The van der Waals surface area contributed by atoms with Gasteiger partial charge in [-0.05, 0) is 43.2 Å². The van der Waals surface area contributed by atoms with E-state index in [0.29, 0.717) is 6.04 Å². The molecule has 0 spiro atoms. The lowest BCUT2D eigenvalue weighted by molar-refractivity contribution is 0.546. The van der Waals surface area contributed by atoms with E-state index in [-0.39, 0.29) is 0 Å². The van der Waals surface area contributed by atoms with Crippen LogP contribution in [0.15, 0.2) is 48.7 Å². The molecule has 0 radical (unpaired) electrons. The van der Waals surface area contributed by atoms with Crippen LogP contribution in [0.3, 0.4) is 0 Å². The van der Waals surface area contributed by atoms with Gasteiger partial charge in [0.1, 0.15) is 0 Å². The molecule has 2 aromatic rings. The minimum Gasteiger partial charge on any atom is -0.314 e. The third-order valence-electron chi connectivity index (χ3n) is 3.06. The van der Waals surface area contributed by atoms with Gasteiger partial charge >= 0.3 is 0 Å². The van der Waals surface area contributed by atoms with Crippen LogP contribution in [0.4, 0.5) is 0 Å². The van der Waals surface area contributed by atoms with E-state index >= 15 is 0 Å². The fraction of sp³-hybridized carbons (Fsp3) is 0.312. The molecule has 0 aliphatic heterocycles. The number of hydrogen-bond acceptors (Lipinski definition) is 2. The molecule has 1 N–H and O–H groups in total. The summed E-state index contributed by atoms with van der Waals surface area (Å²) in [6.45, 7) is 3.15. The number of rotatable bonds is 6. The largest absolute Gasteiger partial charge is 0.314 e. The molecule has 2 nitrogen and oxygen atoms in total. The van der Waals surface area contributed by atoms with Crippen molar-refractivity contribution >= 4 is 11.6 Å². The summed E-state index contributed by atoms with van der Waals surface area (Å²) in [5, 5.41) is 4.31. The van der Waals surface area contributed by atoms with Gasteiger partial charge in [0.05, 0.1) is 0 Å².